The highest BCUT2D eigenvalue weighted by Crippen LogP contribution is 2.46. The van der Waals surface area contributed by atoms with Gasteiger partial charge >= 0.3 is 6.03 Å². The van der Waals surface area contributed by atoms with Crippen LogP contribution in [0, 0.1) is 18.3 Å². The number of amides is 3. The number of imide groups is 1. The minimum absolute atomic E-state index is 0.0104. The van der Waals surface area contributed by atoms with Gasteiger partial charge in [0.2, 0.25) is 0 Å². The van der Waals surface area contributed by atoms with E-state index >= 15 is 0 Å². The largest absolute Gasteiger partial charge is 0.491 e. The zero-order valence-electron chi connectivity index (χ0n) is 16.6. The minimum Gasteiger partial charge on any atom is -0.491 e. The van der Waals surface area contributed by atoms with Gasteiger partial charge in [-0.3, -0.25) is 9.69 Å². The molecular weight excluding hydrogens is 344 g/mol. The Morgan fingerprint density at radius 3 is 2.74 bits per heavy atom. The second kappa shape index (κ2) is 7.15. The summed E-state index contributed by atoms with van der Waals surface area (Å²) >= 11 is 0. The van der Waals surface area contributed by atoms with Crippen molar-refractivity contribution in [2.75, 3.05) is 13.2 Å². The molecule has 2 aliphatic rings. The van der Waals surface area contributed by atoms with E-state index in [9.17, 15) is 14.7 Å². The SMILES string of the molecule is Cc1cccc(OCC(O)CN2C(=O)NC3(CC(C)CC(C)(C)C3)C2=O)c1. The Hall–Kier alpha value is -2.08. The third-order valence-corrected chi connectivity index (χ3v) is 5.45. The number of aryl methyl sites for hydroxylation is 1. The summed E-state index contributed by atoms with van der Waals surface area (Å²) < 4.78 is 5.60. The van der Waals surface area contributed by atoms with Crippen molar-refractivity contribution in [2.45, 2.75) is 58.6 Å². The Balaban J connectivity index is 1.63. The number of benzene rings is 1. The van der Waals surface area contributed by atoms with Gasteiger partial charge < -0.3 is 15.2 Å². The highest BCUT2D eigenvalue weighted by Gasteiger charge is 2.56. The van der Waals surface area contributed by atoms with E-state index in [0.29, 0.717) is 24.5 Å². The van der Waals surface area contributed by atoms with Gasteiger partial charge in [-0.2, -0.15) is 0 Å². The van der Waals surface area contributed by atoms with Gasteiger partial charge in [0.15, 0.2) is 0 Å². The van der Waals surface area contributed by atoms with Gasteiger partial charge in [0, 0.05) is 0 Å². The lowest BCUT2D eigenvalue weighted by Crippen LogP contribution is -2.54. The molecule has 27 heavy (non-hydrogen) atoms. The van der Waals surface area contributed by atoms with Crippen LogP contribution in [0.4, 0.5) is 4.79 Å². The number of ether oxygens (including phenoxy) is 1. The third kappa shape index (κ3) is 4.26. The molecule has 1 heterocycles. The number of hydrogen-bond donors (Lipinski definition) is 2. The van der Waals surface area contributed by atoms with Crippen LogP contribution >= 0.6 is 0 Å². The molecule has 1 aromatic carbocycles. The number of hydrogen-bond acceptors (Lipinski definition) is 4. The van der Waals surface area contributed by atoms with Gasteiger partial charge in [-0.25, -0.2) is 4.79 Å². The van der Waals surface area contributed by atoms with Crippen LogP contribution in [0.25, 0.3) is 0 Å². The van der Waals surface area contributed by atoms with E-state index in [1.54, 1.807) is 0 Å². The van der Waals surface area contributed by atoms with Crippen molar-refractivity contribution in [1.82, 2.24) is 10.2 Å². The Kier molecular flexibility index (Phi) is 5.21. The predicted molar refractivity (Wildman–Crippen MR) is 102 cm³/mol. The van der Waals surface area contributed by atoms with Crippen molar-refractivity contribution in [3.8, 4) is 5.75 Å². The third-order valence-electron chi connectivity index (χ3n) is 5.45. The zero-order valence-corrected chi connectivity index (χ0v) is 16.6. The van der Waals surface area contributed by atoms with E-state index in [4.69, 9.17) is 4.74 Å². The molecule has 3 rings (SSSR count). The summed E-state index contributed by atoms with van der Waals surface area (Å²) in [6.07, 6.45) is 1.36. The molecule has 0 bridgehead atoms. The summed E-state index contributed by atoms with van der Waals surface area (Å²) in [5, 5.41) is 13.2. The maximum absolute atomic E-state index is 13.1. The van der Waals surface area contributed by atoms with Crippen molar-refractivity contribution in [1.29, 1.82) is 0 Å². The standard InChI is InChI=1S/C21H30N2O4/c1-14-6-5-7-17(8-14)27-12-16(24)11-23-18(25)21(22-19(23)26)10-15(2)9-20(3,4)13-21/h5-8,15-16,24H,9-13H2,1-4H3,(H,22,26). The summed E-state index contributed by atoms with van der Waals surface area (Å²) in [6, 6.07) is 7.11. The van der Waals surface area contributed by atoms with Gasteiger partial charge in [0.25, 0.3) is 5.91 Å². The van der Waals surface area contributed by atoms with Crippen LogP contribution in [-0.4, -0.2) is 46.7 Å². The Morgan fingerprint density at radius 1 is 1.33 bits per heavy atom. The molecule has 3 atom stereocenters. The molecule has 6 nitrogen and oxygen atoms in total. The Bertz CT molecular complexity index is 733. The van der Waals surface area contributed by atoms with Crippen LogP contribution in [0.5, 0.6) is 5.75 Å². The first-order valence-electron chi connectivity index (χ1n) is 9.62. The molecule has 1 aliphatic carbocycles. The average molecular weight is 374 g/mol. The molecule has 0 radical (unpaired) electrons. The van der Waals surface area contributed by atoms with Crippen LogP contribution < -0.4 is 10.1 Å². The normalized spacial score (nSPS) is 28.3. The number of rotatable bonds is 5. The quantitative estimate of drug-likeness (QED) is 0.777. The number of aliphatic hydroxyl groups is 1. The number of nitrogens with zero attached hydrogens (tertiary/aromatic N) is 1. The molecule has 3 amide bonds. The summed E-state index contributed by atoms with van der Waals surface area (Å²) in [7, 11) is 0. The molecule has 1 spiro atoms. The van der Waals surface area contributed by atoms with Crippen molar-refractivity contribution in [2.24, 2.45) is 11.3 Å². The van der Waals surface area contributed by atoms with E-state index in [0.717, 1.165) is 16.9 Å². The van der Waals surface area contributed by atoms with Gasteiger partial charge in [-0.05, 0) is 55.2 Å². The molecular formula is C21H30N2O4. The van der Waals surface area contributed by atoms with Crippen LogP contribution in [-0.2, 0) is 4.79 Å². The lowest BCUT2D eigenvalue weighted by Gasteiger charge is -2.43. The second-order valence-corrected chi connectivity index (χ2v) is 9.06. The van der Waals surface area contributed by atoms with Gasteiger partial charge in [0.1, 0.15) is 24.0 Å². The summed E-state index contributed by atoms with van der Waals surface area (Å²) in [4.78, 5) is 26.7. The monoisotopic (exact) mass is 374 g/mol. The second-order valence-electron chi connectivity index (χ2n) is 9.06. The molecule has 1 aromatic rings. The summed E-state index contributed by atoms with van der Waals surface area (Å²) in [6.45, 7) is 8.31. The maximum Gasteiger partial charge on any atom is 0.325 e. The van der Waals surface area contributed by atoms with E-state index < -0.39 is 17.7 Å². The van der Waals surface area contributed by atoms with E-state index in [1.165, 1.54) is 0 Å². The molecule has 6 heteroatoms. The van der Waals surface area contributed by atoms with Crippen molar-refractivity contribution in [3.05, 3.63) is 29.8 Å². The molecule has 2 fully saturated rings. The fourth-order valence-corrected chi connectivity index (χ4v) is 4.83. The first-order valence-corrected chi connectivity index (χ1v) is 9.62. The minimum atomic E-state index is -0.940. The molecule has 3 unspecified atom stereocenters. The van der Waals surface area contributed by atoms with Gasteiger partial charge in [-0.15, -0.1) is 0 Å². The first-order chi connectivity index (χ1) is 12.6. The zero-order chi connectivity index (χ0) is 19.8. The van der Waals surface area contributed by atoms with Crippen molar-refractivity contribution < 1.29 is 19.4 Å². The fraction of sp³-hybridized carbons (Fsp3) is 0.619. The number of aliphatic hydroxyl groups excluding tert-OH is 1. The van der Waals surface area contributed by atoms with Gasteiger partial charge in [0.05, 0.1) is 6.54 Å². The molecule has 148 valence electrons. The lowest BCUT2D eigenvalue weighted by atomic mass is 9.64. The van der Waals surface area contributed by atoms with Crippen LogP contribution in [0.1, 0.15) is 45.6 Å². The smallest absolute Gasteiger partial charge is 0.325 e. The fourth-order valence-electron chi connectivity index (χ4n) is 4.83. The molecule has 2 N–H and O–H groups in total. The van der Waals surface area contributed by atoms with Gasteiger partial charge in [-0.1, -0.05) is 32.9 Å². The maximum atomic E-state index is 13.1. The van der Waals surface area contributed by atoms with Crippen molar-refractivity contribution in [3.63, 3.8) is 0 Å². The Morgan fingerprint density at radius 2 is 2.07 bits per heavy atom. The van der Waals surface area contributed by atoms with Crippen LogP contribution in [0.2, 0.25) is 0 Å². The number of β-amino-alcohol motifs (C(OH)–C–C–N with tert-alkyl or cyclic N) is 1. The molecule has 1 saturated heterocycles. The molecule has 1 aliphatic heterocycles. The van der Waals surface area contributed by atoms with Crippen molar-refractivity contribution >= 4 is 11.9 Å². The topological polar surface area (TPSA) is 78.9 Å². The van der Waals surface area contributed by atoms with E-state index in [2.05, 4.69) is 26.1 Å². The Labute approximate surface area is 160 Å². The average Bonchev–Trinajstić information content (AvgIpc) is 2.74. The number of urea groups is 1. The highest BCUT2D eigenvalue weighted by molar-refractivity contribution is 6.07. The number of carbonyl (C=O) groups is 2. The lowest BCUT2D eigenvalue weighted by molar-refractivity contribution is -0.135. The number of carbonyl (C=O) groups excluding carboxylic acids is 2. The highest BCUT2D eigenvalue weighted by atomic mass is 16.5. The number of nitrogens with one attached hydrogen (secondary N) is 1. The molecule has 1 saturated carbocycles. The molecule has 0 aromatic heterocycles. The predicted octanol–water partition coefficient (Wildman–Crippen LogP) is 2.87. The van der Waals surface area contributed by atoms with Crippen LogP contribution in [0.15, 0.2) is 24.3 Å². The summed E-state index contributed by atoms with van der Waals surface area (Å²) in [5.41, 5.74) is 0.214. The first kappa shape index (κ1) is 19.7. The van der Waals surface area contributed by atoms with Crippen LogP contribution in [0.3, 0.4) is 0 Å². The van der Waals surface area contributed by atoms with E-state index in [-0.39, 0.29) is 24.5 Å². The summed E-state index contributed by atoms with van der Waals surface area (Å²) in [5.74, 6) is 0.792. The van der Waals surface area contributed by atoms with E-state index in [1.807, 2.05) is 31.2 Å².